The third-order valence-corrected chi connectivity index (χ3v) is 5.21. The molecule has 1 amide bonds. The number of nitrogens with one attached hydrogen (secondary N) is 1. The second-order valence-electron chi connectivity index (χ2n) is 7.39. The molecule has 0 bridgehead atoms. The largest absolute Gasteiger partial charge is 0.322 e. The molecule has 0 unspecified atom stereocenters. The summed E-state index contributed by atoms with van der Waals surface area (Å²) in [7, 11) is 1.82. The first-order chi connectivity index (χ1) is 14.7. The molecule has 8 nitrogen and oxygen atoms in total. The van der Waals surface area contributed by atoms with Crippen molar-refractivity contribution in [3.63, 3.8) is 0 Å². The summed E-state index contributed by atoms with van der Waals surface area (Å²) in [4.78, 5) is 22.0. The van der Waals surface area contributed by atoms with Crippen LogP contribution in [0.25, 0.3) is 22.6 Å². The maximum Gasteiger partial charge on any atom is 0.261 e. The highest BCUT2D eigenvalue weighted by Crippen LogP contribution is 2.26. The van der Waals surface area contributed by atoms with Gasteiger partial charge >= 0.3 is 0 Å². The monoisotopic (exact) mass is 399 g/mol. The first kappa shape index (κ1) is 18.2. The number of rotatable bonds is 4. The lowest BCUT2D eigenvalue weighted by Crippen LogP contribution is -2.12. The van der Waals surface area contributed by atoms with Crippen LogP contribution in [0.4, 0.5) is 5.69 Å². The highest BCUT2D eigenvalue weighted by atomic mass is 16.1. The van der Waals surface area contributed by atoms with Crippen molar-refractivity contribution >= 4 is 22.8 Å². The highest BCUT2D eigenvalue weighted by molar-refractivity contribution is 6.08. The normalized spacial score (nSPS) is 14.0. The van der Waals surface area contributed by atoms with Crippen LogP contribution in [-0.4, -0.2) is 35.3 Å². The molecule has 0 radical (unpaired) electrons. The summed E-state index contributed by atoms with van der Waals surface area (Å²) in [6.07, 6.45) is 11.8. The minimum atomic E-state index is -0.251. The molecule has 0 atom stereocenters. The lowest BCUT2D eigenvalue weighted by atomic mass is 9.97. The van der Waals surface area contributed by atoms with E-state index in [4.69, 9.17) is 4.98 Å². The molecule has 4 aromatic rings. The van der Waals surface area contributed by atoms with Gasteiger partial charge in [0.2, 0.25) is 0 Å². The number of fused-ring (bicyclic) bond motifs is 1. The summed E-state index contributed by atoms with van der Waals surface area (Å²) in [6, 6.07) is 9.42. The van der Waals surface area contributed by atoms with Crippen molar-refractivity contribution in [1.29, 1.82) is 0 Å². The second-order valence-corrected chi connectivity index (χ2v) is 7.39. The molecule has 5 rings (SSSR count). The Kier molecular flexibility index (Phi) is 4.59. The van der Waals surface area contributed by atoms with Crippen LogP contribution in [-0.2, 0) is 7.05 Å². The fourth-order valence-corrected chi connectivity index (χ4v) is 3.68. The summed E-state index contributed by atoms with van der Waals surface area (Å²) in [6.45, 7) is 0. The maximum atomic E-state index is 13.0. The zero-order valence-electron chi connectivity index (χ0n) is 16.6. The summed E-state index contributed by atoms with van der Waals surface area (Å²) < 4.78 is 3.28. The summed E-state index contributed by atoms with van der Waals surface area (Å²) in [5.74, 6) is 0.357. The van der Waals surface area contributed by atoms with Gasteiger partial charge in [-0.3, -0.25) is 9.48 Å². The standard InChI is InChI=1S/C22H21N7O/c1-28-14-23-20(27-28)16-8-5-9-17(12-16)25-22(30)18-13-24-29-11-10-19(26-21(18)29)15-6-3-2-4-7-15/h5-6,8-14H,2-4,7H2,1H3,(H,25,30). The number of aromatic nitrogens is 6. The molecule has 0 saturated carbocycles. The number of hydrogen-bond donors (Lipinski definition) is 1. The number of carbonyl (C=O) groups is 1. The van der Waals surface area contributed by atoms with Crippen LogP contribution in [0, 0.1) is 0 Å². The first-order valence-electron chi connectivity index (χ1n) is 9.98. The molecular weight excluding hydrogens is 378 g/mol. The lowest BCUT2D eigenvalue weighted by molar-refractivity contribution is 0.102. The Bertz CT molecular complexity index is 1270. The summed E-state index contributed by atoms with van der Waals surface area (Å²) >= 11 is 0. The molecule has 1 aliphatic carbocycles. The Morgan fingerprint density at radius 1 is 1.20 bits per heavy atom. The molecule has 0 aliphatic heterocycles. The van der Waals surface area contributed by atoms with Crippen molar-refractivity contribution in [2.45, 2.75) is 25.7 Å². The predicted octanol–water partition coefficient (Wildman–Crippen LogP) is 3.73. The SMILES string of the molecule is Cn1cnc(-c2cccc(NC(=O)c3cnn4ccc(C5=CCCCC5)nc34)c2)n1. The van der Waals surface area contributed by atoms with Gasteiger partial charge in [0.15, 0.2) is 11.5 Å². The van der Waals surface area contributed by atoms with Gasteiger partial charge in [0.05, 0.1) is 11.9 Å². The third kappa shape index (κ3) is 3.47. The number of amides is 1. The number of carbonyl (C=O) groups excluding carboxylic acids is 1. The Morgan fingerprint density at radius 2 is 2.13 bits per heavy atom. The van der Waals surface area contributed by atoms with E-state index in [1.165, 1.54) is 18.4 Å². The van der Waals surface area contributed by atoms with Crippen LogP contribution in [0.15, 0.2) is 55.1 Å². The van der Waals surface area contributed by atoms with E-state index in [1.54, 1.807) is 21.7 Å². The first-order valence-corrected chi connectivity index (χ1v) is 9.98. The van der Waals surface area contributed by atoms with Crippen LogP contribution in [0.3, 0.4) is 0 Å². The molecular formula is C22H21N7O. The average molecular weight is 399 g/mol. The number of nitrogens with zero attached hydrogens (tertiary/aromatic N) is 6. The molecule has 0 spiro atoms. The van der Waals surface area contributed by atoms with Crippen molar-refractivity contribution < 1.29 is 4.79 Å². The Hall–Kier alpha value is -3.81. The second kappa shape index (κ2) is 7.55. The van der Waals surface area contributed by atoms with Crippen molar-refractivity contribution in [3.8, 4) is 11.4 Å². The molecule has 3 aromatic heterocycles. The molecule has 30 heavy (non-hydrogen) atoms. The van der Waals surface area contributed by atoms with Crippen LogP contribution >= 0.6 is 0 Å². The number of hydrogen-bond acceptors (Lipinski definition) is 5. The number of allylic oxidation sites excluding steroid dienone is 2. The fraction of sp³-hybridized carbons (Fsp3) is 0.227. The fourth-order valence-electron chi connectivity index (χ4n) is 3.68. The number of anilines is 1. The molecule has 3 heterocycles. The Balaban J connectivity index is 1.43. The Labute approximate surface area is 173 Å². The lowest BCUT2D eigenvalue weighted by Gasteiger charge is -2.12. The van der Waals surface area contributed by atoms with Crippen molar-refractivity contribution in [1.82, 2.24) is 29.4 Å². The number of aryl methyl sites for hydroxylation is 1. The van der Waals surface area contributed by atoms with Gasteiger partial charge < -0.3 is 5.32 Å². The molecule has 8 heteroatoms. The van der Waals surface area contributed by atoms with E-state index < -0.39 is 0 Å². The summed E-state index contributed by atoms with van der Waals surface area (Å²) in [5.41, 5.74) is 4.65. The number of benzene rings is 1. The zero-order valence-corrected chi connectivity index (χ0v) is 16.6. The van der Waals surface area contributed by atoms with E-state index >= 15 is 0 Å². The highest BCUT2D eigenvalue weighted by Gasteiger charge is 2.17. The molecule has 1 N–H and O–H groups in total. The van der Waals surface area contributed by atoms with Gasteiger partial charge in [-0.15, -0.1) is 0 Å². The van der Waals surface area contributed by atoms with Gasteiger partial charge in [0.25, 0.3) is 5.91 Å². The van der Waals surface area contributed by atoms with Gasteiger partial charge in [-0.1, -0.05) is 18.2 Å². The minimum absolute atomic E-state index is 0.251. The molecule has 150 valence electrons. The maximum absolute atomic E-state index is 13.0. The molecule has 0 fully saturated rings. The van der Waals surface area contributed by atoms with E-state index in [2.05, 4.69) is 26.6 Å². The van der Waals surface area contributed by atoms with Gasteiger partial charge in [-0.05, 0) is 49.5 Å². The van der Waals surface area contributed by atoms with Crippen LogP contribution < -0.4 is 5.32 Å². The van der Waals surface area contributed by atoms with E-state index in [0.29, 0.717) is 22.7 Å². The molecule has 1 aliphatic rings. The van der Waals surface area contributed by atoms with Crippen LogP contribution in [0.5, 0.6) is 0 Å². The molecule has 1 aromatic carbocycles. The van der Waals surface area contributed by atoms with Crippen LogP contribution in [0.1, 0.15) is 41.7 Å². The van der Waals surface area contributed by atoms with Gasteiger partial charge in [0.1, 0.15) is 11.9 Å². The summed E-state index contributed by atoms with van der Waals surface area (Å²) in [5, 5.41) is 11.5. The van der Waals surface area contributed by atoms with Gasteiger partial charge in [0, 0.05) is 24.5 Å². The van der Waals surface area contributed by atoms with Crippen molar-refractivity contribution in [2.24, 2.45) is 7.05 Å². The van der Waals surface area contributed by atoms with E-state index in [1.807, 2.05) is 43.6 Å². The Morgan fingerprint density at radius 3 is 2.93 bits per heavy atom. The third-order valence-electron chi connectivity index (χ3n) is 5.21. The van der Waals surface area contributed by atoms with Crippen molar-refractivity contribution in [3.05, 3.63) is 66.4 Å². The predicted molar refractivity (Wildman–Crippen MR) is 114 cm³/mol. The van der Waals surface area contributed by atoms with Gasteiger partial charge in [-0.25, -0.2) is 14.5 Å². The van der Waals surface area contributed by atoms with Crippen LogP contribution in [0.2, 0.25) is 0 Å². The molecule has 0 saturated heterocycles. The quantitative estimate of drug-likeness (QED) is 0.565. The zero-order chi connectivity index (χ0) is 20.5. The van der Waals surface area contributed by atoms with E-state index in [0.717, 1.165) is 24.1 Å². The van der Waals surface area contributed by atoms with Crippen molar-refractivity contribution in [2.75, 3.05) is 5.32 Å². The van der Waals surface area contributed by atoms with E-state index in [-0.39, 0.29) is 5.91 Å². The minimum Gasteiger partial charge on any atom is -0.322 e. The average Bonchev–Trinajstić information content (AvgIpc) is 3.40. The smallest absolute Gasteiger partial charge is 0.261 e. The van der Waals surface area contributed by atoms with Gasteiger partial charge in [-0.2, -0.15) is 10.2 Å². The van der Waals surface area contributed by atoms with E-state index in [9.17, 15) is 4.79 Å². The topological polar surface area (TPSA) is 90.0 Å².